The molecule has 0 aliphatic carbocycles. The normalized spacial score (nSPS) is 10.9. The molecule has 0 saturated heterocycles. The maximum absolute atomic E-state index is 13.0. The van der Waals surface area contributed by atoms with Crippen LogP contribution in [0.3, 0.4) is 0 Å². The molecule has 0 bridgehead atoms. The highest BCUT2D eigenvalue weighted by molar-refractivity contribution is 6.31. The minimum Gasteiger partial charge on any atom is -0.339 e. The topological polar surface area (TPSA) is 68.0 Å². The molecular weight excluding hydrogens is 297 g/mol. The average molecular weight is 312 g/mol. The summed E-state index contributed by atoms with van der Waals surface area (Å²) < 4.78 is 18.1. The molecule has 7 heteroatoms. The Morgan fingerprint density at radius 1 is 1.48 bits per heavy atom. The van der Waals surface area contributed by atoms with Crippen LogP contribution in [0, 0.1) is 5.82 Å². The fourth-order valence-electron chi connectivity index (χ4n) is 1.62. The quantitative estimate of drug-likeness (QED) is 0.916. The van der Waals surface area contributed by atoms with E-state index in [-0.39, 0.29) is 23.3 Å². The molecule has 1 aromatic heterocycles. The Bertz CT molecular complexity index is 643. The van der Waals surface area contributed by atoms with Gasteiger partial charge in [-0.1, -0.05) is 30.6 Å². The van der Waals surface area contributed by atoms with Gasteiger partial charge in [-0.3, -0.25) is 4.79 Å². The molecule has 1 N–H and O–H groups in total. The summed E-state index contributed by atoms with van der Waals surface area (Å²) in [7, 11) is 0. The van der Waals surface area contributed by atoms with Crippen molar-refractivity contribution in [2.75, 3.05) is 5.32 Å². The van der Waals surface area contributed by atoms with Gasteiger partial charge in [-0.05, 0) is 18.2 Å². The highest BCUT2D eigenvalue weighted by Gasteiger charge is 2.12. The Balaban J connectivity index is 1.88. The highest BCUT2D eigenvalue weighted by atomic mass is 35.5. The molecule has 0 radical (unpaired) electrons. The first-order chi connectivity index (χ1) is 9.95. The molecule has 0 fully saturated rings. The van der Waals surface area contributed by atoms with E-state index in [1.807, 2.05) is 13.8 Å². The van der Waals surface area contributed by atoms with Gasteiger partial charge in [0.2, 0.25) is 11.8 Å². The predicted octanol–water partition coefficient (Wildman–Crippen LogP) is 3.56. The summed E-state index contributed by atoms with van der Waals surface area (Å²) in [6.45, 7) is 3.92. The number of anilines is 1. The minimum absolute atomic E-state index is 0.0359. The molecule has 1 heterocycles. The van der Waals surface area contributed by atoms with Gasteiger partial charge in [0.1, 0.15) is 5.82 Å². The van der Waals surface area contributed by atoms with E-state index >= 15 is 0 Å². The zero-order valence-corrected chi connectivity index (χ0v) is 12.4. The van der Waals surface area contributed by atoms with Gasteiger partial charge in [-0.2, -0.15) is 4.98 Å². The van der Waals surface area contributed by atoms with Crippen molar-refractivity contribution in [2.45, 2.75) is 32.6 Å². The van der Waals surface area contributed by atoms with Gasteiger partial charge in [0.15, 0.2) is 5.82 Å². The number of amides is 1. The monoisotopic (exact) mass is 311 g/mol. The summed E-state index contributed by atoms with van der Waals surface area (Å²) in [5.74, 6) is 0.461. The van der Waals surface area contributed by atoms with Gasteiger partial charge in [0.25, 0.3) is 0 Å². The van der Waals surface area contributed by atoms with Crippen LogP contribution in [-0.4, -0.2) is 16.0 Å². The van der Waals surface area contributed by atoms with Crippen LogP contribution in [0.4, 0.5) is 10.1 Å². The van der Waals surface area contributed by atoms with Crippen molar-refractivity contribution in [3.05, 3.63) is 40.8 Å². The van der Waals surface area contributed by atoms with E-state index in [0.29, 0.717) is 23.8 Å². The summed E-state index contributed by atoms with van der Waals surface area (Å²) in [5.41, 5.74) is 0.444. The van der Waals surface area contributed by atoms with E-state index in [1.54, 1.807) is 0 Å². The predicted molar refractivity (Wildman–Crippen MR) is 76.7 cm³/mol. The third-order valence-electron chi connectivity index (χ3n) is 2.77. The standard InChI is InChI=1S/C14H15ClFN3O2/c1-8(2)14-18-13(21-19-14)6-5-12(20)17-9-3-4-11(16)10(15)7-9/h3-4,7-8H,5-6H2,1-2H3,(H,17,20). The number of carbonyl (C=O) groups is 1. The fourth-order valence-corrected chi connectivity index (χ4v) is 1.80. The second kappa shape index (κ2) is 6.67. The molecule has 0 saturated carbocycles. The molecule has 112 valence electrons. The molecule has 5 nitrogen and oxygen atoms in total. The number of aromatic nitrogens is 2. The summed E-state index contributed by atoms with van der Waals surface area (Å²) in [6, 6.07) is 4.01. The lowest BCUT2D eigenvalue weighted by molar-refractivity contribution is -0.116. The fraction of sp³-hybridized carbons (Fsp3) is 0.357. The molecule has 0 aliphatic rings. The molecule has 0 unspecified atom stereocenters. The number of carbonyl (C=O) groups excluding carboxylic acids is 1. The lowest BCUT2D eigenvalue weighted by atomic mass is 10.2. The number of hydrogen-bond donors (Lipinski definition) is 1. The number of hydrogen-bond acceptors (Lipinski definition) is 4. The first-order valence-corrected chi connectivity index (χ1v) is 6.91. The van der Waals surface area contributed by atoms with Crippen LogP contribution in [0.1, 0.15) is 37.9 Å². The molecule has 2 aromatic rings. The van der Waals surface area contributed by atoms with Gasteiger partial charge in [0.05, 0.1) is 5.02 Å². The van der Waals surface area contributed by atoms with Gasteiger partial charge in [0, 0.05) is 24.4 Å². The summed E-state index contributed by atoms with van der Waals surface area (Å²) >= 11 is 5.64. The van der Waals surface area contributed by atoms with Gasteiger partial charge >= 0.3 is 0 Å². The van der Waals surface area contributed by atoms with Crippen molar-refractivity contribution in [1.82, 2.24) is 10.1 Å². The van der Waals surface area contributed by atoms with Gasteiger partial charge in [-0.25, -0.2) is 4.39 Å². The smallest absolute Gasteiger partial charge is 0.227 e. The van der Waals surface area contributed by atoms with Gasteiger partial charge in [-0.15, -0.1) is 0 Å². The first-order valence-electron chi connectivity index (χ1n) is 6.53. The molecule has 1 amide bonds. The second-order valence-electron chi connectivity index (χ2n) is 4.88. The van der Waals surface area contributed by atoms with Crippen LogP contribution >= 0.6 is 11.6 Å². The lowest BCUT2D eigenvalue weighted by Gasteiger charge is -2.04. The lowest BCUT2D eigenvalue weighted by Crippen LogP contribution is -2.12. The van der Waals surface area contributed by atoms with Crippen molar-refractivity contribution in [1.29, 1.82) is 0 Å². The minimum atomic E-state index is -0.526. The van der Waals surface area contributed by atoms with Crippen molar-refractivity contribution in [3.8, 4) is 0 Å². The molecular formula is C14H15ClFN3O2. The Morgan fingerprint density at radius 2 is 2.24 bits per heavy atom. The average Bonchev–Trinajstić information content (AvgIpc) is 2.90. The third kappa shape index (κ3) is 4.26. The number of nitrogens with one attached hydrogen (secondary N) is 1. The van der Waals surface area contributed by atoms with Crippen LogP contribution in [0.15, 0.2) is 22.7 Å². The van der Waals surface area contributed by atoms with Crippen molar-refractivity contribution in [2.24, 2.45) is 0 Å². The number of benzene rings is 1. The number of aryl methyl sites for hydroxylation is 1. The highest BCUT2D eigenvalue weighted by Crippen LogP contribution is 2.19. The molecule has 0 spiro atoms. The van der Waals surface area contributed by atoms with E-state index < -0.39 is 5.82 Å². The van der Waals surface area contributed by atoms with Crippen LogP contribution in [-0.2, 0) is 11.2 Å². The number of rotatable bonds is 5. The molecule has 0 atom stereocenters. The largest absolute Gasteiger partial charge is 0.339 e. The number of halogens is 2. The van der Waals surface area contributed by atoms with Crippen LogP contribution in [0.25, 0.3) is 0 Å². The van der Waals surface area contributed by atoms with E-state index in [4.69, 9.17) is 16.1 Å². The Hall–Kier alpha value is -1.95. The maximum Gasteiger partial charge on any atom is 0.227 e. The molecule has 1 aromatic carbocycles. The number of nitrogens with zero attached hydrogens (tertiary/aromatic N) is 2. The van der Waals surface area contributed by atoms with Crippen molar-refractivity contribution in [3.63, 3.8) is 0 Å². The first kappa shape index (κ1) is 15.4. The van der Waals surface area contributed by atoms with Gasteiger partial charge < -0.3 is 9.84 Å². The Labute approximate surface area is 126 Å². The summed E-state index contributed by atoms with van der Waals surface area (Å²) in [6.07, 6.45) is 0.537. The zero-order valence-electron chi connectivity index (χ0n) is 11.7. The van der Waals surface area contributed by atoms with E-state index in [1.165, 1.54) is 18.2 Å². The summed E-state index contributed by atoms with van der Waals surface area (Å²) in [4.78, 5) is 16.0. The van der Waals surface area contributed by atoms with Crippen LogP contribution < -0.4 is 5.32 Å². The molecule has 0 aliphatic heterocycles. The van der Waals surface area contributed by atoms with E-state index in [9.17, 15) is 9.18 Å². The van der Waals surface area contributed by atoms with Crippen LogP contribution in [0.5, 0.6) is 0 Å². The summed E-state index contributed by atoms with van der Waals surface area (Å²) in [5, 5.41) is 6.42. The molecule has 21 heavy (non-hydrogen) atoms. The van der Waals surface area contributed by atoms with E-state index in [2.05, 4.69) is 15.5 Å². The van der Waals surface area contributed by atoms with Crippen molar-refractivity contribution < 1.29 is 13.7 Å². The third-order valence-corrected chi connectivity index (χ3v) is 3.06. The Kier molecular flexibility index (Phi) is 4.90. The molecule has 2 rings (SSSR count). The second-order valence-corrected chi connectivity index (χ2v) is 5.29. The Morgan fingerprint density at radius 3 is 2.86 bits per heavy atom. The van der Waals surface area contributed by atoms with Crippen LogP contribution in [0.2, 0.25) is 5.02 Å². The SMILES string of the molecule is CC(C)c1noc(CCC(=O)Nc2ccc(F)c(Cl)c2)n1. The van der Waals surface area contributed by atoms with E-state index in [0.717, 1.165) is 0 Å². The van der Waals surface area contributed by atoms with Crippen molar-refractivity contribution >= 4 is 23.2 Å². The zero-order chi connectivity index (χ0) is 15.4. The maximum atomic E-state index is 13.0.